The van der Waals surface area contributed by atoms with Crippen LogP contribution in [0.1, 0.15) is 6.42 Å². The third-order valence-electron chi connectivity index (χ3n) is 2.50. The average Bonchev–Trinajstić information content (AvgIpc) is 1.81. The van der Waals surface area contributed by atoms with E-state index in [0.29, 0.717) is 0 Å². The SMILES string of the molecule is CN(C)CCCN(C)C1CNC1. The van der Waals surface area contributed by atoms with Gasteiger partial charge in [-0.05, 0) is 40.7 Å². The molecule has 1 rings (SSSR count). The van der Waals surface area contributed by atoms with Crippen molar-refractivity contribution in [1.82, 2.24) is 15.1 Å². The highest BCUT2D eigenvalue weighted by atomic mass is 15.2. The van der Waals surface area contributed by atoms with Crippen LogP contribution in [0.2, 0.25) is 0 Å². The number of nitrogens with one attached hydrogen (secondary N) is 1. The quantitative estimate of drug-likeness (QED) is 0.620. The second-order valence-corrected chi connectivity index (χ2v) is 3.95. The number of nitrogens with zero attached hydrogens (tertiary/aromatic N) is 2. The Morgan fingerprint density at radius 3 is 2.25 bits per heavy atom. The van der Waals surface area contributed by atoms with Gasteiger partial charge in [-0.25, -0.2) is 0 Å². The minimum Gasteiger partial charge on any atom is -0.314 e. The Morgan fingerprint density at radius 1 is 1.17 bits per heavy atom. The Bertz CT molecular complexity index is 121. The first kappa shape index (κ1) is 9.96. The average molecular weight is 171 g/mol. The summed E-state index contributed by atoms with van der Waals surface area (Å²) in [6.07, 6.45) is 1.28. The first-order valence-corrected chi connectivity index (χ1v) is 4.76. The molecule has 1 saturated heterocycles. The fourth-order valence-corrected chi connectivity index (χ4v) is 1.40. The maximum absolute atomic E-state index is 3.29. The summed E-state index contributed by atoms with van der Waals surface area (Å²) in [6, 6.07) is 0.798. The van der Waals surface area contributed by atoms with Gasteiger partial charge in [0.25, 0.3) is 0 Å². The van der Waals surface area contributed by atoms with Gasteiger partial charge in [-0.3, -0.25) is 0 Å². The van der Waals surface area contributed by atoms with Crippen LogP contribution in [0, 0.1) is 0 Å². The van der Waals surface area contributed by atoms with E-state index in [1.54, 1.807) is 0 Å². The van der Waals surface area contributed by atoms with Gasteiger partial charge >= 0.3 is 0 Å². The molecular formula is C9H21N3. The van der Waals surface area contributed by atoms with E-state index in [9.17, 15) is 0 Å². The maximum Gasteiger partial charge on any atom is 0.0342 e. The summed E-state index contributed by atoms with van der Waals surface area (Å²) in [6.45, 7) is 4.78. The van der Waals surface area contributed by atoms with Crippen molar-refractivity contribution in [3.8, 4) is 0 Å². The molecule has 72 valence electrons. The zero-order chi connectivity index (χ0) is 8.97. The zero-order valence-corrected chi connectivity index (χ0v) is 8.51. The van der Waals surface area contributed by atoms with Crippen LogP contribution in [0.5, 0.6) is 0 Å². The number of likely N-dealkylation sites (N-methyl/N-ethyl adjacent to an activating group) is 1. The Kier molecular flexibility index (Phi) is 3.98. The number of rotatable bonds is 5. The predicted molar refractivity (Wildman–Crippen MR) is 52.5 cm³/mol. The molecule has 0 saturated carbocycles. The second kappa shape index (κ2) is 4.80. The third-order valence-corrected chi connectivity index (χ3v) is 2.50. The lowest BCUT2D eigenvalue weighted by atomic mass is 10.1. The van der Waals surface area contributed by atoms with Gasteiger partial charge in [0.15, 0.2) is 0 Å². The maximum atomic E-state index is 3.29. The van der Waals surface area contributed by atoms with E-state index in [2.05, 4.69) is 36.3 Å². The van der Waals surface area contributed by atoms with Gasteiger partial charge in [0.1, 0.15) is 0 Å². The summed E-state index contributed by atoms with van der Waals surface area (Å²) in [5.74, 6) is 0. The molecule has 0 amide bonds. The number of hydrogen-bond donors (Lipinski definition) is 1. The zero-order valence-electron chi connectivity index (χ0n) is 8.51. The van der Waals surface area contributed by atoms with Gasteiger partial charge in [-0.1, -0.05) is 0 Å². The summed E-state index contributed by atoms with van der Waals surface area (Å²) in [7, 11) is 6.48. The summed E-state index contributed by atoms with van der Waals surface area (Å²) in [5, 5.41) is 3.29. The fourth-order valence-electron chi connectivity index (χ4n) is 1.40. The van der Waals surface area contributed by atoms with Crippen LogP contribution in [0.3, 0.4) is 0 Å². The van der Waals surface area contributed by atoms with Crippen molar-refractivity contribution < 1.29 is 0 Å². The molecule has 0 unspecified atom stereocenters. The first-order valence-electron chi connectivity index (χ1n) is 4.76. The highest BCUT2D eigenvalue weighted by molar-refractivity contribution is 4.82. The van der Waals surface area contributed by atoms with E-state index < -0.39 is 0 Å². The van der Waals surface area contributed by atoms with Crippen molar-refractivity contribution in [2.24, 2.45) is 0 Å². The lowest BCUT2D eigenvalue weighted by Crippen LogP contribution is -2.56. The monoisotopic (exact) mass is 171 g/mol. The van der Waals surface area contributed by atoms with Crippen molar-refractivity contribution in [3.63, 3.8) is 0 Å². The molecule has 1 aliphatic rings. The van der Waals surface area contributed by atoms with Gasteiger partial charge in [0.05, 0.1) is 0 Å². The Hall–Kier alpha value is -0.120. The Morgan fingerprint density at radius 2 is 1.83 bits per heavy atom. The van der Waals surface area contributed by atoms with Crippen molar-refractivity contribution in [2.45, 2.75) is 12.5 Å². The molecule has 1 aliphatic heterocycles. The predicted octanol–water partition coefficient (Wildman–Crippen LogP) is -0.158. The van der Waals surface area contributed by atoms with E-state index in [4.69, 9.17) is 0 Å². The first-order chi connectivity index (χ1) is 5.70. The van der Waals surface area contributed by atoms with E-state index in [1.807, 2.05) is 0 Å². The van der Waals surface area contributed by atoms with Gasteiger partial charge in [-0.15, -0.1) is 0 Å². The molecule has 3 nitrogen and oxygen atoms in total. The third kappa shape index (κ3) is 3.09. The highest BCUT2D eigenvalue weighted by Gasteiger charge is 2.20. The summed E-state index contributed by atoms with van der Waals surface area (Å²) in [4.78, 5) is 4.70. The topological polar surface area (TPSA) is 18.5 Å². The van der Waals surface area contributed by atoms with E-state index in [0.717, 1.165) is 6.04 Å². The van der Waals surface area contributed by atoms with Crippen molar-refractivity contribution >= 4 is 0 Å². The lowest BCUT2D eigenvalue weighted by Gasteiger charge is -2.35. The van der Waals surface area contributed by atoms with Gasteiger partial charge < -0.3 is 15.1 Å². The minimum atomic E-state index is 0.798. The molecule has 3 heteroatoms. The standard InChI is InChI=1S/C9H21N3/c1-11(2)5-4-6-12(3)9-7-10-8-9/h9-10H,4-8H2,1-3H3. The highest BCUT2D eigenvalue weighted by Crippen LogP contribution is 2.02. The minimum absolute atomic E-state index is 0.798. The smallest absolute Gasteiger partial charge is 0.0342 e. The molecule has 1 heterocycles. The molecule has 0 aromatic rings. The van der Waals surface area contributed by atoms with Crippen LogP contribution in [0.4, 0.5) is 0 Å². The molecular weight excluding hydrogens is 150 g/mol. The molecule has 12 heavy (non-hydrogen) atoms. The molecule has 0 bridgehead atoms. The molecule has 0 radical (unpaired) electrons. The molecule has 0 atom stereocenters. The molecule has 0 spiro atoms. The van der Waals surface area contributed by atoms with Crippen molar-refractivity contribution in [3.05, 3.63) is 0 Å². The van der Waals surface area contributed by atoms with Crippen LogP contribution in [0.25, 0.3) is 0 Å². The second-order valence-electron chi connectivity index (χ2n) is 3.95. The van der Waals surface area contributed by atoms with Gasteiger partial charge in [-0.2, -0.15) is 0 Å². The van der Waals surface area contributed by atoms with Crippen molar-refractivity contribution in [1.29, 1.82) is 0 Å². The van der Waals surface area contributed by atoms with E-state index in [-0.39, 0.29) is 0 Å². The normalized spacial score (nSPS) is 18.8. The largest absolute Gasteiger partial charge is 0.314 e. The molecule has 1 fully saturated rings. The van der Waals surface area contributed by atoms with Crippen LogP contribution >= 0.6 is 0 Å². The van der Waals surface area contributed by atoms with Crippen LogP contribution in [-0.4, -0.2) is 63.2 Å². The van der Waals surface area contributed by atoms with Gasteiger partial charge in [0.2, 0.25) is 0 Å². The fraction of sp³-hybridized carbons (Fsp3) is 1.00. The summed E-state index contributed by atoms with van der Waals surface area (Å²) in [5.41, 5.74) is 0. The Balaban J connectivity index is 1.98. The van der Waals surface area contributed by atoms with Crippen LogP contribution < -0.4 is 5.32 Å². The summed E-state index contributed by atoms with van der Waals surface area (Å²) < 4.78 is 0. The van der Waals surface area contributed by atoms with Crippen LogP contribution in [0.15, 0.2) is 0 Å². The van der Waals surface area contributed by atoms with Gasteiger partial charge in [0, 0.05) is 19.1 Å². The van der Waals surface area contributed by atoms with E-state index >= 15 is 0 Å². The molecule has 0 aromatic heterocycles. The van der Waals surface area contributed by atoms with Crippen LogP contribution in [-0.2, 0) is 0 Å². The van der Waals surface area contributed by atoms with Crippen molar-refractivity contribution in [2.75, 3.05) is 47.3 Å². The van der Waals surface area contributed by atoms with E-state index in [1.165, 1.54) is 32.6 Å². The molecule has 0 aromatic carbocycles. The summed E-state index contributed by atoms with van der Waals surface area (Å²) >= 11 is 0. The number of hydrogen-bond acceptors (Lipinski definition) is 3. The lowest BCUT2D eigenvalue weighted by molar-refractivity contribution is 0.173. The Labute approximate surface area is 75.7 Å². The molecule has 1 N–H and O–H groups in total. The molecule has 0 aliphatic carbocycles.